The van der Waals surface area contributed by atoms with Crippen molar-refractivity contribution in [2.75, 3.05) is 13.2 Å². The summed E-state index contributed by atoms with van der Waals surface area (Å²) < 4.78 is 11.5. The van der Waals surface area contributed by atoms with Crippen LogP contribution in [0.5, 0.6) is 0 Å². The normalized spacial score (nSPS) is 26.8. The molecule has 0 bridgehead atoms. The van der Waals surface area contributed by atoms with Crippen LogP contribution in [0.1, 0.15) is 38.2 Å². The number of nitrogens with zero attached hydrogens (tertiary/aromatic N) is 1. The van der Waals surface area contributed by atoms with Gasteiger partial charge in [0.1, 0.15) is 6.07 Å². The second-order valence-electron chi connectivity index (χ2n) is 5.08. The maximum Gasteiger partial charge on any atom is 0.287 e. The van der Waals surface area contributed by atoms with Gasteiger partial charge in [0, 0.05) is 11.5 Å². The lowest BCUT2D eigenvalue weighted by Crippen LogP contribution is -2.40. The molecule has 1 aliphatic heterocycles. The van der Waals surface area contributed by atoms with Gasteiger partial charge in [0.05, 0.1) is 13.2 Å². The molecule has 0 aliphatic carbocycles. The van der Waals surface area contributed by atoms with Crippen molar-refractivity contribution in [1.82, 2.24) is 0 Å². The van der Waals surface area contributed by atoms with E-state index in [0.29, 0.717) is 19.1 Å². The zero-order valence-electron chi connectivity index (χ0n) is 11.5. The largest absolute Gasteiger partial charge is 0.334 e. The number of rotatable bonds is 5. The van der Waals surface area contributed by atoms with Gasteiger partial charge in [-0.25, -0.2) is 0 Å². The van der Waals surface area contributed by atoms with Crippen LogP contribution >= 0.6 is 0 Å². The highest BCUT2D eigenvalue weighted by Crippen LogP contribution is 2.32. The van der Waals surface area contributed by atoms with Crippen LogP contribution in [0.3, 0.4) is 0 Å². The summed E-state index contributed by atoms with van der Waals surface area (Å²) >= 11 is 0. The monoisotopic (exact) mass is 259 g/mol. The molecule has 0 atom stereocenters. The molecule has 102 valence electrons. The quantitative estimate of drug-likeness (QED) is 0.759. The Morgan fingerprint density at radius 1 is 1.21 bits per heavy atom. The lowest BCUT2D eigenvalue weighted by molar-refractivity contribution is -0.258. The van der Waals surface area contributed by atoms with Crippen LogP contribution in [-0.4, -0.2) is 13.2 Å². The highest BCUT2D eigenvalue weighted by molar-refractivity contribution is 5.26. The molecule has 0 unspecified atom stereocenters. The average molecular weight is 259 g/mol. The summed E-state index contributed by atoms with van der Waals surface area (Å²) in [6.07, 6.45) is 4.79. The van der Waals surface area contributed by atoms with Crippen LogP contribution < -0.4 is 0 Å². The minimum atomic E-state index is -1.21. The molecule has 19 heavy (non-hydrogen) atoms. The van der Waals surface area contributed by atoms with Gasteiger partial charge in [-0.15, -0.1) is 0 Å². The van der Waals surface area contributed by atoms with E-state index in [1.165, 1.54) is 19.3 Å². The van der Waals surface area contributed by atoms with Crippen molar-refractivity contribution in [3.8, 4) is 6.07 Å². The van der Waals surface area contributed by atoms with E-state index < -0.39 is 5.79 Å². The Labute approximate surface area is 115 Å². The summed E-state index contributed by atoms with van der Waals surface area (Å²) in [5, 5.41) is 9.40. The van der Waals surface area contributed by atoms with Crippen LogP contribution in [0.4, 0.5) is 0 Å². The fourth-order valence-electron chi connectivity index (χ4n) is 2.36. The standard InChI is InChI=1S/C16H21NO2/c1-2-3-5-8-14-11-18-16(13-17,19-12-14)15-9-6-4-7-10-15/h4,6-7,9-10,14H,2-3,5,8,11-12H2,1H3. The van der Waals surface area contributed by atoms with E-state index in [1.807, 2.05) is 30.3 Å². The molecule has 0 amide bonds. The van der Waals surface area contributed by atoms with Gasteiger partial charge in [-0.3, -0.25) is 0 Å². The minimum Gasteiger partial charge on any atom is -0.334 e. The zero-order chi connectivity index (χ0) is 13.6. The fraction of sp³-hybridized carbons (Fsp3) is 0.562. The minimum absolute atomic E-state index is 0.414. The van der Waals surface area contributed by atoms with Crippen molar-refractivity contribution in [2.24, 2.45) is 5.92 Å². The molecule has 1 saturated heterocycles. The number of hydrogen-bond donors (Lipinski definition) is 0. The van der Waals surface area contributed by atoms with E-state index >= 15 is 0 Å². The summed E-state index contributed by atoms with van der Waals surface area (Å²) in [4.78, 5) is 0. The SMILES string of the molecule is CCCCCC1COC(C#N)(c2ccccc2)OC1. The van der Waals surface area contributed by atoms with Gasteiger partial charge in [-0.05, 0) is 6.42 Å². The van der Waals surface area contributed by atoms with Crippen molar-refractivity contribution in [3.63, 3.8) is 0 Å². The summed E-state index contributed by atoms with van der Waals surface area (Å²) in [6, 6.07) is 11.6. The second-order valence-corrected chi connectivity index (χ2v) is 5.08. The molecule has 1 fully saturated rings. The van der Waals surface area contributed by atoms with Crippen molar-refractivity contribution in [1.29, 1.82) is 5.26 Å². The first-order valence-corrected chi connectivity index (χ1v) is 7.05. The maximum atomic E-state index is 9.40. The van der Waals surface area contributed by atoms with E-state index in [0.717, 1.165) is 12.0 Å². The fourth-order valence-corrected chi connectivity index (χ4v) is 2.36. The van der Waals surface area contributed by atoms with Gasteiger partial charge in [-0.1, -0.05) is 56.5 Å². The summed E-state index contributed by atoms with van der Waals surface area (Å²) in [7, 11) is 0. The van der Waals surface area contributed by atoms with Crippen LogP contribution in [0.25, 0.3) is 0 Å². The molecule has 3 heteroatoms. The Bertz CT molecular complexity index is 416. The first-order valence-electron chi connectivity index (χ1n) is 7.05. The highest BCUT2D eigenvalue weighted by atomic mass is 16.7. The number of nitriles is 1. The molecule has 0 saturated carbocycles. The molecule has 0 N–H and O–H groups in total. The molecule has 3 nitrogen and oxygen atoms in total. The van der Waals surface area contributed by atoms with Crippen molar-refractivity contribution >= 4 is 0 Å². The molecule has 1 aromatic rings. The van der Waals surface area contributed by atoms with Gasteiger partial charge in [-0.2, -0.15) is 5.26 Å². The molecule has 0 radical (unpaired) electrons. The summed E-state index contributed by atoms with van der Waals surface area (Å²) in [6.45, 7) is 3.41. The highest BCUT2D eigenvalue weighted by Gasteiger charge is 2.39. The lowest BCUT2D eigenvalue weighted by Gasteiger charge is -2.35. The molecule has 2 rings (SSSR count). The Morgan fingerprint density at radius 3 is 2.47 bits per heavy atom. The third-order valence-electron chi connectivity index (χ3n) is 3.56. The number of benzene rings is 1. The molecule has 1 aromatic carbocycles. The lowest BCUT2D eigenvalue weighted by atomic mass is 10.00. The Balaban J connectivity index is 1.95. The van der Waals surface area contributed by atoms with Crippen LogP contribution in [0, 0.1) is 17.2 Å². The molecule has 0 aromatic heterocycles. The van der Waals surface area contributed by atoms with Gasteiger partial charge in [0.2, 0.25) is 0 Å². The van der Waals surface area contributed by atoms with E-state index in [2.05, 4.69) is 13.0 Å². The van der Waals surface area contributed by atoms with Crippen molar-refractivity contribution in [2.45, 2.75) is 38.4 Å². The summed E-state index contributed by atoms with van der Waals surface area (Å²) in [5.74, 6) is -0.792. The van der Waals surface area contributed by atoms with E-state index in [9.17, 15) is 5.26 Å². The molecule has 1 aliphatic rings. The first-order chi connectivity index (χ1) is 9.30. The summed E-state index contributed by atoms with van der Waals surface area (Å²) in [5.41, 5.74) is 0.782. The van der Waals surface area contributed by atoms with E-state index in [4.69, 9.17) is 9.47 Å². The van der Waals surface area contributed by atoms with E-state index in [1.54, 1.807) is 0 Å². The number of unbranched alkanes of at least 4 members (excludes halogenated alkanes) is 2. The van der Waals surface area contributed by atoms with Crippen LogP contribution in [0.2, 0.25) is 0 Å². The number of ether oxygens (including phenoxy) is 2. The third kappa shape index (κ3) is 3.34. The maximum absolute atomic E-state index is 9.40. The first kappa shape index (κ1) is 14.0. The Kier molecular flexibility index (Phi) is 4.95. The van der Waals surface area contributed by atoms with Gasteiger partial charge >= 0.3 is 0 Å². The Hall–Kier alpha value is -1.37. The molecular weight excluding hydrogens is 238 g/mol. The zero-order valence-corrected chi connectivity index (χ0v) is 11.5. The van der Waals surface area contributed by atoms with Crippen LogP contribution in [0.15, 0.2) is 30.3 Å². The van der Waals surface area contributed by atoms with Gasteiger partial charge < -0.3 is 9.47 Å². The van der Waals surface area contributed by atoms with Crippen LogP contribution in [-0.2, 0) is 15.3 Å². The molecule has 1 heterocycles. The Morgan fingerprint density at radius 2 is 1.89 bits per heavy atom. The topological polar surface area (TPSA) is 42.2 Å². The second kappa shape index (κ2) is 6.70. The smallest absolute Gasteiger partial charge is 0.287 e. The van der Waals surface area contributed by atoms with Crippen molar-refractivity contribution in [3.05, 3.63) is 35.9 Å². The number of hydrogen-bond acceptors (Lipinski definition) is 3. The molecule has 0 spiro atoms. The molecular formula is C16H21NO2. The van der Waals surface area contributed by atoms with Crippen molar-refractivity contribution < 1.29 is 9.47 Å². The average Bonchev–Trinajstić information content (AvgIpc) is 2.49. The predicted octanol–water partition coefficient (Wildman–Crippen LogP) is 3.61. The van der Waals surface area contributed by atoms with E-state index in [-0.39, 0.29) is 0 Å². The van der Waals surface area contributed by atoms with Gasteiger partial charge in [0.15, 0.2) is 0 Å². The predicted molar refractivity (Wildman–Crippen MR) is 73.3 cm³/mol. The van der Waals surface area contributed by atoms with Gasteiger partial charge in [0.25, 0.3) is 5.79 Å². The third-order valence-corrected chi connectivity index (χ3v) is 3.56.